The molecule has 1 aromatic carbocycles. The largest absolute Gasteiger partial charge is 0.496 e. The number of aromatic nitrogens is 3. The Morgan fingerprint density at radius 1 is 1.04 bits per heavy atom. The van der Waals surface area contributed by atoms with E-state index in [1.54, 1.807) is 12.0 Å². The number of nitrogen functional groups attached to an aromatic ring is 1. The molecule has 1 fully saturated rings. The summed E-state index contributed by atoms with van der Waals surface area (Å²) in [6.45, 7) is 6.66. The molecule has 0 saturated carbocycles. The Bertz CT molecular complexity index is 1660. The lowest BCUT2D eigenvalue weighted by Crippen LogP contribution is -2.49. The molecule has 1 aliphatic heterocycles. The Morgan fingerprint density at radius 3 is 2.49 bits per heavy atom. The summed E-state index contributed by atoms with van der Waals surface area (Å²) in [5.41, 5.74) is 15.3. The average molecular weight is 728 g/mol. The fraction of sp³-hybridized carbons (Fsp3) is 0.529. The number of nitrogens with two attached hydrogens (primary N) is 2. The molecule has 17 heteroatoms. The average Bonchev–Trinajstić information content (AvgIpc) is 3.50. The third kappa shape index (κ3) is 11.5. The van der Waals surface area contributed by atoms with Crippen LogP contribution >= 0.6 is 11.8 Å². The van der Waals surface area contributed by atoms with Crippen molar-refractivity contribution in [2.75, 3.05) is 63.2 Å². The second-order valence-corrected chi connectivity index (χ2v) is 13.7. The minimum atomic E-state index is -1.24. The molecule has 8 N–H and O–H groups in total. The van der Waals surface area contributed by atoms with Gasteiger partial charge in [-0.15, -0.1) is 11.8 Å². The second-order valence-electron chi connectivity index (χ2n) is 12.5. The smallest absolute Gasteiger partial charge is 0.321 e. The molecule has 51 heavy (non-hydrogen) atoms. The molecule has 2 atom stereocenters. The minimum Gasteiger partial charge on any atom is -0.496 e. The van der Waals surface area contributed by atoms with Gasteiger partial charge in [-0.1, -0.05) is 25.8 Å². The van der Waals surface area contributed by atoms with Crippen molar-refractivity contribution in [2.45, 2.75) is 63.4 Å². The number of aliphatic carboxylic acids is 2. The number of rotatable bonds is 20. The third-order valence-corrected chi connectivity index (χ3v) is 9.94. The number of benzene rings is 1. The number of unbranched alkanes of at least 4 members (excludes halogenated alkanes) is 2. The molecule has 0 radical (unpaired) electrons. The van der Waals surface area contributed by atoms with Crippen molar-refractivity contribution in [3.8, 4) is 5.75 Å². The maximum Gasteiger partial charge on any atom is 0.321 e. The molecule has 0 bridgehead atoms. The van der Waals surface area contributed by atoms with E-state index in [0.717, 1.165) is 65.5 Å². The van der Waals surface area contributed by atoms with E-state index in [9.17, 15) is 19.2 Å². The van der Waals surface area contributed by atoms with Gasteiger partial charge >= 0.3 is 11.9 Å². The molecule has 4 rings (SSSR count). The van der Waals surface area contributed by atoms with Crippen molar-refractivity contribution in [1.82, 2.24) is 29.7 Å². The molecule has 0 aliphatic carbocycles. The van der Waals surface area contributed by atoms with Crippen LogP contribution in [0.3, 0.4) is 0 Å². The maximum atomic E-state index is 12.9. The Balaban J connectivity index is 1.30. The number of methoxy groups -OCH3 is 1. The Hall–Kier alpha value is -4.61. The van der Waals surface area contributed by atoms with Gasteiger partial charge in [0.25, 0.3) is 0 Å². The predicted octanol–water partition coefficient (Wildman–Crippen LogP) is 1.81. The molecule has 3 heterocycles. The van der Waals surface area contributed by atoms with Crippen LogP contribution in [-0.2, 0) is 32.3 Å². The number of carbonyl (C=O) groups is 4. The van der Waals surface area contributed by atoms with Gasteiger partial charge in [0.05, 0.1) is 30.8 Å². The summed E-state index contributed by atoms with van der Waals surface area (Å²) < 4.78 is 7.82. The SMILES string of the molecule is CCCCCNc1nc(N)nc2ccn(Cc3cc(CN4CCN(C(=O)CCNC(=O)[C@@H](CC(=O)O)SC[C@H](N)C(=O)O)CC4)ccc3OC)c12. The van der Waals surface area contributed by atoms with E-state index >= 15 is 0 Å². The molecule has 0 spiro atoms. The summed E-state index contributed by atoms with van der Waals surface area (Å²) in [6.07, 6.45) is 4.84. The number of nitrogens with zero attached hydrogens (tertiary/aromatic N) is 5. The highest BCUT2D eigenvalue weighted by molar-refractivity contribution is 8.00. The quantitative estimate of drug-likeness (QED) is 0.0912. The van der Waals surface area contributed by atoms with Gasteiger partial charge < -0.3 is 46.5 Å². The number of hydrogen-bond donors (Lipinski definition) is 6. The fourth-order valence-electron chi connectivity index (χ4n) is 5.85. The van der Waals surface area contributed by atoms with Crippen LogP contribution in [0.4, 0.5) is 11.8 Å². The molecule has 278 valence electrons. The summed E-state index contributed by atoms with van der Waals surface area (Å²) in [4.78, 5) is 60.7. The van der Waals surface area contributed by atoms with Crippen LogP contribution in [0.2, 0.25) is 0 Å². The van der Waals surface area contributed by atoms with E-state index in [4.69, 9.17) is 26.4 Å². The standard InChI is InChI=1S/C34H49N9O7S/c1-3-4-5-10-37-31-30-25(39-34(36)40-31)9-12-43(30)20-23-17-22(6-7-26(23)50-2)19-41-13-15-42(16-14-41)28(44)8-11-38-32(47)27(18-29(45)46)51-21-24(35)33(48)49/h6-7,9,12,17,24,27H,3-5,8,10-11,13-16,18-21,35H2,1-2H3,(H,38,47)(H,45,46)(H,48,49)(H3,36,37,39,40)/t24-,27+/m0/s1. The van der Waals surface area contributed by atoms with Gasteiger partial charge in [-0.25, -0.2) is 4.98 Å². The number of thioether (sulfide) groups is 1. The Kier molecular flexibility index (Phi) is 14.7. The summed E-state index contributed by atoms with van der Waals surface area (Å²) >= 11 is 0.871. The zero-order valence-corrected chi connectivity index (χ0v) is 30.0. The molecular weight excluding hydrogens is 678 g/mol. The summed E-state index contributed by atoms with van der Waals surface area (Å²) in [6, 6.07) is 6.88. The lowest BCUT2D eigenvalue weighted by atomic mass is 10.1. The number of amides is 2. The monoisotopic (exact) mass is 727 g/mol. The number of carbonyl (C=O) groups excluding carboxylic acids is 2. The lowest BCUT2D eigenvalue weighted by molar-refractivity contribution is -0.138. The van der Waals surface area contributed by atoms with Gasteiger partial charge in [0.15, 0.2) is 5.82 Å². The summed E-state index contributed by atoms with van der Waals surface area (Å²) in [5, 5.41) is 23.2. The summed E-state index contributed by atoms with van der Waals surface area (Å²) in [7, 11) is 1.66. The normalized spacial score (nSPS) is 14.6. The number of fused-ring (bicyclic) bond motifs is 1. The number of carboxylic acids is 2. The van der Waals surface area contributed by atoms with Crippen LogP contribution < -0.4 is 26.8 Å². The van der Waals surface area contributed by atoms with Gasteiger partial charge in [-0.05, 0) is 30.2 Å². The third-order valence-electron chi connectivity index (χ3n) is 8.60. The first kappa shape index (κ1) is 39.2. The molecule has 1 aliphatic rings. The van der Waals surface area contributed by atoms with E-state index in [0.29, 0.717) is 45.1 Å². The van der Waals surface area contributed by atoms with E-state index in [1.165, 1.54) is 0 Å². The van der Waals surface area contributed by atoms with Gasteiger partial charge in [-0.3, -0.25) is 24.1 Å². The molecule has 0 unspecified atom stereocenters. The van der Waals surface area contributed by atoms with Crippen LogP contribution in [-0.4, -0.2) is 122 Å². The highest BCUT2D eigenvalue weighted by Crippen LogP contribution is 2.27. The van der Waals surface area contributed by atoms with E-state index < -0.39 is 35.6 Å². The van der Waals surface area contributed by atoms with Crippen molar-refractivity contribution in [3.63, 3.8) is 0 Å². The number of nitrogens with one attached hydrogen (secondary N) is 2. The zero-order valence-electron chi connectivity index (χ0n) is 29.2. The van der Waals surface area contributed by atoms with Crippen molar-refractivity contribution in [1.29, 1.82) is 0 Å². The highest BCUT2D eigenvalue weighted by atomic mass is 32.2. The van der Waals surface area contributed by atoms with Crippen LogP contribution in [0.25, 0.3) is 11.0 Å². The predicted molar refractivity (Wildman–Crippen MR) is 196 cm³/mol. The highest BCUT2D eigenvalue weighted by Gasteiger charge is 2.26. The van der Waals surface area contributed by atoms with Gasteiger partial charge in [0, 0.05) is 69.7 Å². The number of ether oxygens (including phenoxy) is 1. The van der Waals surface area contributed by atoms with Gasteiger partial charge in [-0.2, -0.15) is 4.98 Å². The summed E-state index contributed by atoms with van der Waals surface area (Å²) in [5.74, 6) is -1.52. The van der Waals surface area contributed by atoms with Crippen LogP contribution in [0.15, 0.2) is 30.5 Å². The molecule has 2 amide bonds. The van der Waals surface area contributed by atoms with E-state index in [2.05, 4.69) is 43.1 Å². The van der Waals surface area contributed by atoms with Gasteiger partial charge in [0.2, 0.25) is 17.8 Å². The number of piperazine rings is 1. The Labute approximate surface area is 301 Å². The topological polar surface area (TPSA) is 231 Å². The molecular formula is C34H49N9O7S. The molecule has 2 aromatic heterocycles. The second kappa shape index (κ2) is 19.1. The molecule has 3 aromatic rings. The minimum absolute atomic E-state index is 0.0424. The van der Waals surface area contributed by atoms with E-state index in [1.807, 2.05) is 24.4 Å². The van der Waals surface area contributed by atoms with E-state index in [-0.39, 0.29) is 30.6 Å². The van der Waals surface area contributed by atoms with Crippen molar-refractivity contribution in [3.05, 3.63) is 41.6 Å². The van der Waals surface area contributed by atoms with Gasteiger partial charge in [0.1, 0.15) is 17.3 Å². The number of carboxylic acid groups (broad SMARTS) is 2. The number of anilines is 2. The molecule has 16 nitrogen and oxygen atoms in total. The first-order valence-corrected chi connectivity index (χ1v) is 18.2. The van der Waals surface area contributed by atoms with Crippen LogP contribution in [0, 0.1) is 0 Å². The first-order valence-electron chi connectivity index (χ1n) is 17.1. The van der Waals surface area contributed by atoms with Crippen LogP contribution in [0.1, 0.15) is 50.2 Å². The van der Waals surface area contributed by atoms with Crippen molar-refractivity contribution >= 4 is 58.3 Å². The fourth-order valence-corrected chi connectivity index (χ4v) is 6.93. The maximum absolute atomic E-state index is 12.9. The lowest BCUT2D eigenvalue weighted by Gasteiger charge is -2.35. The zero-order chi connectivity index (χ0) is 36.9. The van der Waals surface area contributed by atoms with Crippen LogP contribution in [0.5, 0.6) is 5.75 Å². The first-order chi connectivity index (χ1) is 24.5. The van der Waals surface area contributed by atoms with Crippen molar-refractivity contribution in [2.24, 2.45) is 5.73 Å². The number of hydrogen-bond acceptors (Lipinski definition) is 12. The molecule has 1 saturated heterocycles. The van der Waals surface area contributed by atoms with Crippen molar-refractivity contribution < 1.29 is 34.1 Å². The Morgan fingerprint density at radius 2 is 1.80 bits per heavy atom.